The van der Waals surface area contributed by atoms with Gasteiger partial charge in [-0.15, -0.1) is 0 Å². The van der Waals surface area contributed by atoms with Crippen LogP contribution in [0, 0.1) is 0 Å². The molecule has 8 nitrogen and oxygen atoms in total. The summed E-state index contributed by atoms with van der Waals surface area (Å²) in [5.41, 5.74) is 0.581. The van der Waals surface area contributed by atoms with Gasteiger partial charge >= 0.3 is 5.97 Å². The smallest absolute Gasteiger partial charge is 0.344 e. The number of hydrogen-bond acceptors (Lipinski definition) is 6. The first-order valence-corrected chi connectivity index (χ1v) is 10.2. The number of ether oxygens (including phenoxy) is 2. The summed E-state index contributed by atoms with van der Waals surface area (Å²) >= 11 is 8.52. The van der Waals surface area contributed by atoms with Gasteiger partial charge in [0.2, 0.25) is 0 Å². The topological polar surface area (TPSA) is 105 Å². The number of carboxylic acid groups (broad SMARTS) is 1. The van der Waals surface area contributed by atoms with Crippen molar-refractivity contribution < 1.29 is 29.0 Å². The molecular weight excluding hydrogens is 488 g/mol. The third-order valence-electron chi connectivity index (χ3n) is 4.36. The highest BCUT2D eigenvalue weighted by molar-refractivity contribution is 9.10. The predicted octanol–water partition coefficient (Wildman–Crippen LogP) is 3.14. The number of nitrogens with one attached hydrogen (secondary N) is 1. The normalized spacial score (nSPS) is 16.2. The monoisotopic (exact) mass is 504 g/mol. The Labute approximate surface area is 191 Å². The number of aliphatic carboxylic acids is 1. The summed E-state index contributed by atoms with van der Waals surface area (Å²) < 4.78 is 11.6. The van der Waals surface area contributed by atoms with Gasteiger partial charge in [-0.05, 0) is 55.5 Å². The van der Waals surface area contributed by atoms with Gasteiger partial charge in [0, 0.05) is 10.0 Å². The van der Waals surface area contributed by atoms with Gasteiger partial charge < -0.3 is 14.6 Å². The first-order valence-electron chi connectivity index (χ1n) is 8.96. The van der Waals surface area contributed by atoms with Crippen LogP contribution in [0.25, 0.3) is 6.08 Å². The maximum Gasteiger partial charge on any atom is 0.344 e. The van der Waals surface area contributed by atoms with Crippen LogP contribution in [-0.4, -0.2) is 41.2 Å². The van der Waals surface area contributed by atoms with Crippen molar-refractivity contribution in [1.29, 1.82) is 0 Å². The first-order chi connectivity index (χ1) is 14.7. The number of benzene rings is 2. The summed E-state index contributed by atoms with van der Waals surface area (Å²) in [7, 11) is 1.40. The highest BCUT2D eigenvalue weighted by atomic mass is 79.9. The van der Waals surface area contributed by atoms with E-state index in [1.54, 1.807) is 42.5 Å². The summed E-state index contributed by atoms with van der Waals surface area (Å²) in [6, 6.07) is 11.6. The number of nitrogens with zero attached hydrogens (tertiary/aromatic N) is 1. The maximum absolute atomic E-state index is 13.2. The minimum Gasteiger partial charge on any atom is -0.493 e. The molecular formula is C21H17BrN2O6S. The second-order valence-corrected chi connectivity index (χ2v) is 7.71. The Kier molecular flexibility index (Phi) is 6.71. The van der Waals surface area contributed by atoms with Gasteiger partial charge in [0.1, 0.15) is 5.57 Å². The SMILES string of the molecule is COc1cccc(/C=C2\C(=O)NC(=S)N(c3ccc(Br)cc3)C2=O)c1O[C@@H](C)C(=O)O. The highest BCUT2D eigenvalue weighted by Crippen LogP contribution is 2.34. The molecule has 1 saturated heterocycles. The molecule has 0 aliphatic carbocycles. The second-order valence-electron chi connectivity index (χ2n) is 6.41. The van der Waals surface area contributed by atoms with Crippen LogP contribution in [0.3, 0.4) is 0 Å². The number of carbonyl (C=O) groups is 3. The van der Waals surface area contributed by atoms with Crippen LogP contribution < -0.4 is 19.7 Å². The van der Waals surface area contributed by atoms with E-state index < -0.39 is 23.9 Å². The van der Waals surface area contributed by atoms with Crippen molar-refractivity contribution in [3.8, 4) is 11.5 Å². The molecule has 0 spiro atoms. The lowest BCUT2D eigenvalue weighted by Gasteiger charge is -2.29. The van der Waals surface area contributed by atoms with Gasteiger partial charge in [-0.25, -0.2) is 4.79 Å². The van der Waals surface area contributed by atoms with Crippen molar-refractivity contribution >= 4 is 62.8 Å². The molecule has 1 heterocycles. The Morgan fingerprint density at radius 1 is 1.23 bits per heavy atom. The molecule has 2 amide bonds. The van der Waals surface area contributed by atoms with Gasteiger partial charge in [0.15, 0.2) is 22.7 Å². The van der Waals surface area contributed by atoms with Gasteiger partial charge in [0.25, 0.3) is 11.8 Å². The Morgan fingerprint density at radius 2 is 1.90 bits per heavy atom. The molecule has 1 atom stereocenters. The Bertz CT molecular complexity index is 1100. The molecule has 2 aromatic rings. The van der Waals surface area contributed by atoms with Crippen molar-refractivity contribution in [3.63, 3.8) is 0 Å². The molecule has 0 aromatic heterocycles. The number of rotatable bonds is 6. The van der Waals surface area contributed by atoms with Crippen LogP contribution in [0.15, 0.2) is 52.5 Å². The summed E-state index contributed by atoms with van der Waals surface area (Å²) in [6.45, 7) is 1.36. The van der Waals surface area contributed by atoms with E-state index in [0.717, 1.165) is 4.47 Å². The van der Waals surface area contributed by atoms with Crippen LogP contribution in [0.1, 0.15) is 12.5 Å². The van der Waals surface area contributed by atoms with Crippen LogP contribution in [0.5, 0.6) is 11.5 Å². The molecule has 0 saturated carbocycles. The van der Waals surface area contributed by atoms with E-state index in [0.29, 0.717) is 11.3 Å². The number of amides is 2. The largest absolute Gasteiger partial charge is 0.493 e. The van der Waals surface area contributed by atoms with E-state index >= 15 is 0 Å². The third-order valence-corrected chi connectivity index (χ3v) is 5.17. The van der Waals surface area contributed by atoms with Gasteiger partial charge in [-0.3, -0.25) is 19.8 Å². The molecule has 1 aliphatic rings. The average molecular weight is 505 g/mol. The average Bonchev–Trinajstić information content (AvgIpc) is 2.73. The molecule has 10 heteroatoms. The number of carbonyl (C=O) groups excluding carboxylic acids is 2. The second kappa shape index (κ2) is 9.27. The number of thiocarbonyl (C=S) groups is 1. The van der Waals surface area contributed by atoms with E-state index in [1.807, 2.05) is 0 Å². The standard InChI is InChI=1S/C21H17BrN2O6S/c1-11(20(27)28)30-17-12(4-3-5-16(17)29-2)10-15-18(25)23-21(31)24(19(15)26)14-8-6-13(22)7-9-14/h3-11H,1-2H3,(H,27,28)(H,23,25,31)/b15-10+/t11-/m0/s1. The van der Waals surface area contributed by atoms with Crippen LogP contribution in [0.4, 0.5) is 5.69 Å². The fraction of sp³-hybridized carbons (Fsp3) is 0.143. The molecule has 3 rings (SSSR count). The zero-order valence-corrected chi connectivity index (χ0v) is 18.8. The van der Waals surface area contributed by atoms with Crippen LogP contribution >= 0.6 is 28.1 Å². The molecule has 2 aromatic carbocycles. The minimum atomic E-state index is -1.18. The van der Waals surface area contributed by atoms with Gasteiger partial charge in [0.05, 0.1) is 12.8 Å². The predicted molar refractivity (Wildman–Crippen MR) is 121 cm³/mol. The Morgan fingerprint density at radius 3 is 2.52 bits per heavy atom. The van der Waals surface area contributed by atoms with Crippen molar-refractivity contribution in [3.05, 3.63) is 58.1 Å². The molecule has 0 unspecified atom stereocenters. The zero-order chi connectivity index (χ0) is 22.7. The quantitative estimate of drug-likeness (QED) is 0.353. The Balaban J connectivity index is 2.06. The lowest BCUT2D eigenvalue weighted by atomic mass is 10.1. The van der Waals surface area contributed by atoms with Crippen molar-refractivity contribution in [2.24, 2.45) is 0 Å². The summed E-state index contributed by atoms with van der Waals surface area (Å²) in [6.07, 6.45) is 0.133. The van der Waals surface area contributed by atoms with Gasteiger partial charge in [-0.1, -0.05) is 28.1 Å². The fourth-order valence-corrected chi connectivity index (χ4v) is 3.34. The molecule has 1 aliphatic heterocycles. The summed E-state index contributed by atoms with van der Waals surface area (Å²) in [5.74, 6) is -2.13. The number of anilines is 1. The summed E-state index contributed by atoms with van der Waals surface area (Å²) in [5, 5.41) is 11.6. The van der Waals surface area contributed by atoms with Crippen LogP contribution in [0.2, 0.25) is 0 Å². The van der Waals surface area contributed by atoms with E-state index in [-0.39, 0.29) is 22.2 Å². The third kappa shape index (κ3) is 4.75. The molecule has 2 N–H and O–H groups in total. The van der Waals surface area contributed by atoms with Crippen molar-refractivity contribution in [2.75, 3.05) is 12.0 Å². The molecule has 1 fully saturated rings. The minimum absolute atomic E-state index is 0.0453. The molecule has 160 valence electrons. The first kappa shape index (κ1) is 22.4. The summed E-state index contributed by atoms with van der Waals surface area (Å²) in [4.78, 5) is 38.2. The molecule has 0 radical (unpaired) electrons. The number of para-hydroxylation sites is 1. The van der Waals surface area contributed by atoms with Crippen LogP contribution in [-0.2, 0) is 14.4 Å². The molecule has 0 bridgehead atoms. The van der Waals surface area contributed by atoms with E-state index in [9.17, 15) is 19.5 Å². The van der Waals surface area contributed by atoms with E-state index in [1.165, 1.54) is 25.0 Å². The lowest BCUT2D eigenvalue weighted by Crippen LogP contribution is -2.54. The maximum atomic E-state index is 13.2. The number of hydrogen-bond donors (Lipinski definition) is 2. The van der Waals surface area contributed by atoms with E-state index in [4.69, 9.17) is 21.7 Å². The number of methoxy groups -OCH3 is 1. The van der Waals surface area contributed by atoms with Crippen molar-refractivity contribution in [2.45, 2.75) is 13.0 Å². The van der Waals surface area contributed by atoms with E-state index in [2.05, 4.69) is 21.2 Å². The lowest BCUT2D eigenvalue weighted by molar-refractivity contribution is -0.144. The number of halogens is 1. The number of carboxylic acids is 1. The Hall–Kier alpha value is -3.24. The highest BCUT2D eigenvalue weighted by Gasteiger charge is 2.35. The fourth-order valence-electron chi connectivity index (χ4n) is 2.80. The molecule has 31 heavy (non-hydrogen) atoms. The zero-order valence-electron chi connectivity index (χ0n) is 16.4. The van der Waals surface area contributed by atoms with Gasteiger partial charge in [-0.2, -0.15) is 0 Å². The van der Waals surface area contributed by atoms with Crippen molar-refractivity contribution in [1.82, 2.24) is 5.32 Å².